The highest BCUT2D eigenvalue weighted by Crippen LogP contribution is 2.34. The third-order valence-electron chi connectivity index (χ3n) is 5.13. The lowest BCUT2D eigenvalue weighted by atomic mass is 10.0. The van der Waals surface area contributed by atoms with E-state index in [0.717, 1.165) is 60.1 Å². The number of aromatic nitrogens is 2. The highest BCUT2D eigenvalue weighted by atomic mass is 35.5. The summed E-state index contributed by atoms with van der Waals surface area (Å²) >= 11 is 6.28. The number of nitrogens with one attached hydrogen (secondary N) is 1. The molecule has 1 aliphatic heterocycles. The summed E-state index contributed by atoms with van der Waals surface area (Å²) in [5.74, 6) is 2.65. The van der Waals surface area contributed by atoms with Crippen LogP contribution in [0.25, 0.3) is 5.69 Å². The number of hydrogen-bond donors (Lipinski definition) is 1. The van der Waals surface area contributed by atoms with Crippen molar-refractivity contribution in [3.63, 3.8) is 0 Å². The fourth-order valence-electron chi connectivity index (χ4n) is 3.75. The van der Waals surface area contributed by atoms with E-state index in [1.54, 1.807) is 14.2 Å². The fraction of sp³-hybridized carbons (Fsp3) is 0.318. The Hall–Kier alpha value is -2.66. The van der Waals surface area contributed by atoms with Crippen molar-refractivity contribution in [1.29, 1.82) is 0 Å². The molecule has 2 aromatic carbocycles. The van der Waals surface area contributed by atoms with Crippen LogP contribution in [0.15, 0.2) is 42.5 Å². The van der Waals surface area contributed by atoms with E-state index in [9.17, 15) is 0 Å². The van der Waals surface area contributed by atoms with Crippen LogP contribution in [0.4, 0.5) is 5.82 Å². The van der Waals surface area contributed by atoms with E-state index < -0.39 is 0 Å². The smallest absolute Gasteiger partial charge is 0.144 e. The Morgan fingerprint density at radius 2 is 1.89 bits per heavy atom. The summed E-state index contributed by atoms with van der Waals surface area (Å²) in [6, 6.07) is 13.7. The molecular weight excluding hydrogens is 374 g/mol. The third kappa shape index (κ3) is 3.54. The van der Waals surface area contributed by atoms with Gasteiger partial charge < -0.3 is 14.8 Å². The number of para-hydroxylation sites is 1. The van der Waals surface area contributed by atoms with E-state index >= 15 is 0 Å². The third-order valence-corrected chi connectivity index (χ3v) is 5.37. The van der Waals surface area contributed by atoms with E-state index in [1.807, 2.05) is 41.1 Å². The van der Waals surface area contributed by atoms with Crippen LogP contribution in [0, 0.1) is 0 Å². The Balaban J connectivity index is 1.84. The number of hydrogen-bond acceptors (Lipinski definition) is 4. The molecule has 3 aromatic rings. The summed E-state index contributed by atoms with van der Waals surface area (Å²) in [5, 5.41) is 9.21. The molecule has 0 amide bonds. The first-order valence-corrected chi connectivity index (χ1v) is 9.89. The van der Waals surface area contributed by atoms with Crippen molar-refractivity contribution in [3.05, 3.63) is 64.3 Å². The van der Waals surface area contributed by atoms with Gasteiger partial charge in [0.25, 0.3) is 0 Å². The number of ether oxygens (including phenoxy) is 2. The van der Waals surface area contributed by atoms with Crippen molar-refractivity contribution in [2.75, 3.05) is 26.1 Å². The fourth-order valence-corrected chi connectivity index (χ4v) is 3.91. The Morgan fingerprint density at radius 1 is 1.07 bits per heavy atom. The maximum Gasteiger partial charge on any atom is 0.144 e. The number of benzene rings is 2. The molecule has 0 unspecified atom stereocenters. The molecule has 0 atom stereocenters. The minimum atomic E-state index is 0.653. The Labute approximate surface area is 170 Å². The van der Waals surface area contributed by atoms with E-state index in [4.69, 9.17) is 26.2 Å². The maximum atomic E-state index is 6.28. The average molecular weight is 398 g/mol. The van der Waals surface area contributed by atoms with Gasteiger partial charge in [0, 0.05) is 29.1 Å². The van der Waals surface area contributed by atoms with Crippen molar-refractivity contribution in [1.82, 2.24) is 9.78 Å². The molecule has 0 spiro atoms. The molecule has 28 heavy (non-hydrogen) atoms. The lowest BCUT2D eigenvalue weighted by Gasteiger charge is -2.13. The zero-order valence-electron chi connectivity index (χ0n) is 16.2. The molecular formula is C22H24ClN3O2. The maximum absolute atomic E-state index is 6.28. The first-order chi connectivity index (χ1) is 13.7. The number of halogens is 1. The molecule has 1 aliphatic rings. The minimum absolute atomic E-state index is 0.653. The van der Waals surface area contributed by atoms with Crippen LogP contribution in [0.1, 0.15) is 29.7 Å². The standard InChI is InChI=1S/C22H24ClN3O2/c1-27-20-9-4-3-7-15(20)13-18-17-8-5-6-12-24-22(17)26(25-18)19-14-16(23)10-11-21(19)28-2/h3-4,7,9-11,14,24H,5-6,8,12-13H2,1-2H3. The quantitative estimate of drug-likeness (QED) is 0.666. The van der Waals surface area contributed by atoms with Crippen LogP contribution in [0.3, 0.4) is 0 Å². The molecule has 4 rings (SSSR count). The number of methoxy groups -OCH3 is 2. The zero-order chi connectivity index (χ0) is 19.5. The first kappa shape index (κ1) is 18.7. The van der Waals surface area contributed by atoms with Gasteiger partial charge in [-0.3, -0.25) is 0 Å². The Morgan fingerprint density at radius 3 is 2.71 bits per heavy atom. The highest BCUT2D eigenvalue weighted by Gasteiger charge is 2.23. The van der Waals surface area contributed by atoms with Gasteiger partial charge in [0.15, 0.2) is 0 Å². The molecule has 0 aliphatic carbocycles. The van der Waals surface area contributed by atoms with Gasteiger partial charge >= 0.3 is 0 Å². The van der Waals surface area contributed by atoms with Crippen LogP contribution >= 0.6 is 11.6 Å². The van der Waals surface area contributed by atoms with Crippen molar-refractivity contribution < 1.29 is 9.47 Å². The number of rotatable bonds is 5. The van der Waals surface area contributed by atoms with Gasteiger partial charge in [-0.25, -0.2) is 4.68 Å². The Bertz CT molecular complexity index is 984. The van der Waals surface area contributed by atoms with Gasteiger partial charge in [0.2, 0.25) is 0 Å². The first-order valence-electron chi connectivity index (χ1n) is 9.51. The van der Waals surface area contributed by atoms with Gasteiger partial charge in [0.05, 0.1) is 19.9 Å². The monoisotopic (exact) mass is 397 g/mol. The van der Waals surface area contributed by atoms with Crippen molar-refractivity contribution in [2.45, 2.75) is 25.7 Å². The van der Waals surface area contributed by atoms with Crippen LogP contribution in [-0.2, 0) is 12.8 Å². The summed E-state index contributed by atoms with van der Waals surface area (Å²) < 4.78 is 13.1. The van der Waals surface area contributed by atoms with Gasteiger partial charge in [-0.05, 0) is 43.5 Å². The van der Waals surface area contributed by atoms with E-state index in [1.165, 1.54) is 5.56 Å². The topological polar surface area (TPSA) is 48.3 Å². The van der Waals surface area contributed by atoms with Crippen LogP contribution in [0.2, 0.25) is 5.02 Å². The SMILES string of the molecule is COc1ccccc1Cc1nn(-c2cc(Cl)ccc2OC)c2c1CCCCN2. The summed E-state index contributed by atoms with van der Waals surface area (Å²) in [4.78, 5) is 0. The lowest BCUT2D eigenvalue weighted by Crippen LogP contribution is -2.08. The Kier molecular flexibility index (Phi) is 5.44. The average Bonchev–Trinajstić information content (AvgIpc) is 2.89. The summed E-state index contributed by atoms with van der Waals surface area (Å²) in [7, 11) is 3.37. The number of nitrogens with zero attached hydrogens (tertiary/aromatic N) is 2. The van der Waals surface area contributed by atoms with Crippen LogP contribution in [-0.4, -0.2) is 30.5 Å². The number of anilines is 1. The van der Waals surface area contributed by atoms with Crippen molar-refractivity contribution in [2.24, 2.45) is 0 Å². The van der Waals surface area contributed by atoms with Crippen molar-refractivity contribution >= 4 is 17.4 Å². The van der Waals surface area contributed by atoms with E-state index in [0.29, 0.717) is 11.4 Å². The highest BCUT2D eigenvalue weighted by molar-refractivity contribution is 6.30. The van der Waals surface area contributed by atoms with Gasteiger partial charge in [-0.1, -0.05) is 29.8 Å². The molecule has 146 valence electrons. The molecule has 6 heteroatoms. The molecule has 2 heterocycles. The molecule has 1 N–H and O–H groups in total. The predicted octanol–water partition coefficient (Wildman–Crippen LogP) is 4.88. The molecule has 0 fully saturated rings. The molecule has 0 saturated carbocycles. The van der Waals surface area contributed by atoms with Gasteiger partial charge in [-0.2, -0.15) is 5.10 Å². The molecule has 1 aromatic heterocycles. The summed E-state index contributed by atoms with van der Waals surface area (Å²) in [6.07, 6.45) is 3.98. The van der Waals surface area contributed by atoms with Crippen LogP contribution < -0.4 is 14.8 Å². The summed E-state index contributed by atoms with van der Waals surface area (Å²) in [6.45, 7) is 0.926. The largest absolute Gasteiger partial charge is 0.496 e. The number of fused-ring (bicyclic) bond motifs is 1. The molecule has 5 nitrogen and oxygen atoms in total. The summed E-state index contributed by atoms with van der Waals surface area (Å²) in [5.41, 5.74) is 4.27. The van der Waals surface area contributed by atoms with Crippen LogP contribution in [0.5, 0.6) is 11.5 Å². The molecule has 0 radical (unpaired) electrons. The zero-order valence-corrected chi connectivity index (χ0v) is 16.9. The van der Waals surface area contributed by atoms with Gasteiger partial charge in [0.1, 0.15) is 23.0 Å². The minimum Gasteiger partial charge on any atom is -0.496 e. The second-order valence-corrected chi connectivity index (χ2v) is 7.31. The molecule has 0 bridgehead atoms. The lowest BCUT2D eigenvalue weighted by molar-refractivity contribution is 0.410. The van der Waals surface area contributed by atoms with E-state index in [-0.39, 0.29) is 0 Å². The predicted molar refractivity (Wildman–Crippen MR) is 112 cm³/mol. The second kappa shape index (κ2) is 8.15. The normalized spacial score (nSPS) is 13.4. The second-order valence-electron chi connectivity index (χ2n) is 6.87. The van der Waals surface area contributed by atoms with Crippen molar-refractivity contribution in [3.8, 4) is 17.2 Å². The van der Waals surface area contributed by atoms with Gasteiger partial charge in [-0.15, -0.1) is 0 Å². The van der Waals surface area contributed by atoms with E-state index in [2.05, 4.69) is 11.4 Å². The molecule has 0 saturated heterocycles.